The highest BCUT2D eigenvalue weighted by Crippen LogP contribution is 2.27. The molecule has 0 radical (unpaired) electrons. The molecule has 3 rings (SSSR count). The zero-order chi connectivity index (χ0) is 18.0. The van der Waals surface area contributed by atoms with Gasteiger partial charge in [0.15, 0.2) is 11.0 Å². The molecule has 2 heterocycles. The Morgan fingerprint density at radius 3 is 2.72 bits per heavy atom. The molecule has 1 fully saturated rings. The van der Waals surface area contributed by atoms with Gasteiger partial charge in [0.25, 0.3) is 0 Å². The molecule has 0 unspecified atom stereocenters. The molecule has 0 bridgehead atoms. The summed E-state index contributed by atoms with van der Waals surface area (Å²) in [6.07, 6.45) is 1.52. The minimum absolute atomic E-state index is 0.00873. The van der Waals surface area contributed by atoms with E-state index in [-0.39, 0.29) is 11.7 Å². The summed E-state index contributed by atoms with van der Waals surface area (Å²) in [5.74, 6) is 0.244. The van der Waals surface area contributed by atoms with Gasteiger partial charge in [-0.15, -0.1) is 5.10 Å². The first kappa shape index (κ1) is 17.4. The van der Waals surface area contributed by atoms with Crippen molar-refractivity contribution < 1.29 is 9.59 Å². The van der Waals surface area contributed by atoms with Gasteiger partial charge in [-0.05, 0) is 44.2 Å². The van der Waals surface area contributed by atoms with E-state index in [9.17, 15) is 9.59 Å². The Labute approximate surface area is 154 Å². The van der Waals surface area contributed by atoms with Gasteiger partial charge in [-0.25, -0.2) is 0 Å². The summed E-state index contributed by atoms with van der Waals surface area (Å²) in [7, 11) is 0. The molecule has 1 amide bonds. The summed E-state index contributed by atoms with van der Waals surface area (Å²) in [4.78, 5) is 28.2. The largest absolute Gasteiger partial charge is 0.357 e. The lowest BCUT2D eigenvalue weighted by molar-refractivity contribution is -0.115. The number of hydrogen-bond acceptors (Lipinski definition) is 5. The molecule has 1 aromatic carbocycles. The lowest BCUT2D eigenvalue weighted by Crippen LogP contribution is -2.28. The topological polar surface area (TPSA) is 77.9 Å². The minimum Gasteiger partial charge on any atom is -0.357 e. The molecule has 0 saturated carbocycles. The number of aromatic amines is 1. The summed E-state index contributed by atoms with van der Waals surface area (Å²) in [5.41, 5.74) is 2.79. The molecule has 6 nitrogen and oxygen atoms in total. The van der Waals surface area contributed by atoms with Crippen molar-refractivity contribution in [1.29, 1.82) is 0 Å². The standard InChI is InChI=1S/C17H15ClN4O2S/c1-10-15(11(2)23)7-13(20-10)8-19-21-17-22(16(24)9-25-17)14-5-3-12(18)4-6-14/h3-8,20H,9H2,1-2H3/b19-8-,21-17+. The smallest absolute Gasteiger partial charge is 0.243 e. The molecule has 25 heavy (non-hydrogen) atoms. The van der Waals surface area contributed by atoms with Crippen LogP contribution < -0.4 is 4.90 Å². The van der Waals surface area contributed by atoms with E-state index in [1.54, 1.807) is 30.3 Å². The van der Waals surface area contributed by atoms with Crippen molar-refractivity contribution in [1.82, 2.24) is 4.98 Å². The number of aryl methyl sites for hydroxylation is 1. The van der Waals surface area contributed by atoms with Crippen LogP contribution in [-0.4, -0.2) is 33.8 Å². The molecule has 1 N–H and O–H groups in total. The maximum atomic E-state index is 12.1. The highest BCUT2D eigenvalue weighted by atomic mass is 35.5. The second-order valence-corrected chi connectivity index (χ2v) is 6.82. The Morgan fingerprint density at radius 2 is 2.08 bits per heavy atom. The normalized spacial score (nSPS) is 16.4. The van der Waals surface area contributed by atoms with Gasteiger partial charge in [0.1, 0.15) is 0 Å². The third kappa shape index (κ3) is 3.83. The molecular weight excluding hydrogens is 360 g/mol. The molecule has 0 atom stereocenters. The van der Waals surface area contributed by atoms with Crippen LogP contribution in [0.15, 0.2) is 40.5 Å². The summed E-state index contributed by atoms with van der Waals surface area (Å²) >= 11 is 7.21. The van der Waals surface area contributed by atoms with Crippen LogP contribution in [0.1, 0.15) is 28.7 Å². The zero-order valence-corrected chi connectivity index (χ0v) is 15.2. The molecule has 128 valence electrons. The van der Waals surface area contributed by atoms with Crippen molar-refractivity contribution in [2.24, 2.45) is 10.2 Å². The number of amides is 1. The van der Waals surface area contributed by atoms with Crippen molar-refractivity contribution in [2.75, 3.05) is 10.7 Å². The number of nitrogens with zero attached hydrogens (tertiary/aromatic N) is 3. The van der Waals surface area contributed by atoms with Gasteiger partial charge in [-0.2, -0.15) is 5.10 Å². The van der Waals surface area contributed by atoms with Crippen LogP contribution in [0.5, 0.6) is 0 Å². The molecule has 0 spiro atoms. The molecule has 1 aromatic heterocycles. The minimum atomic E-state index is -0.0594. The van der Waals surface area contributed by atoms with E-state index < -0.39 is 0 Å². The van der Waals surface area contributed by atoms with Gasteiger partial charge in [-0.3, -0.25) is 14.5 Å². The number of nitrogens with one attached hydrogen (secondary N) is 1. The zero-order valence-electron chi connectivity index (χ0n) is 13.6. The summed E-state index contributed by atoms with van der Waals surface area (Å²) < 4.78 is 0. The number of Topliss-reactive ketones (excluding diaryl/α,β-unsaturated/α-hetero) is 1. The Balaban J connectivity index is 1.82. The van der Waals surface area contributed by atoms with E-state index in [0.717, 1.165) is 5.69 Å². The van der Waals surface area contributed by atoms with Crippen molar-refractivity contribution in [2.45, 2.75) is 13.8 Å². The number of thioether (sulfide) groups is 1. The van der Waals surface area contributed by atoms with E-state index >= 15 is 0 Å². The number of benzene rings is 1. The number of carbonyl (C=O) groups excluding carboxylic acids is 2. The van der Waals surface area contributed by atoms with Crippen LogP contribution in [0, 0.1) is 6.92 Å². The van der Waals surface area contributed by atoms with Crippen molar-refractivity contribution in [3.63, 3.8) is 0 Å². The highest BCUT2D eigenvalue weighted by molar-refractivity contribution is 8.15. The predicted molar refractivity (Wildman–Crippen MR) is 102 cm³/mol. The Kier molecular flexibility index (Phi) is 5.06. The van der Waals surface area contributed by atoms with Gasteiger partial charge in [-0.1, -0.05) is 23.4 Å². The van der Waals surface area contributed by atoms with Gasteiger partial charge < -0.3 is 4.98 Å². The van der Waals surface area contributed by atoms with Crippen LogP contribution in [0.4, 0.5) is 5.69 Å². The second-order valence-electron chi connectivity index (χ2n) is 5.44. The number of hydrogen-bond donors (Lipinski definition) is 1. The molecule has 1 saturated heterocycles. The maximum absolute atomic E-state index is 12.1. The third-order valence-electron chi connectivity index (χ3n) is 3.61. The summed E-state index contributed by atoms with van der Waals surface area (Å²) in [5, 5.41) is 9.29. The Morgan fingerprint density at radius 1 is 1.36 bits per heavy atom. The number of carbonyl (C=O) groups is 2. The Bertz CT molecular complexity index is 887. The fourth-order valence-corrected chi connectivity index (χ4v) is 3.39. The van der Waals surface area contributed by atoms with Crippen molar-refractivity contribution in [3.05, 3.63) is 52.3 Å². The number of rotatable bonds is 4. The lowest BCUT2D eigenvalue weighted by atomic mass is 10.2. The molecule has 2 aromatic rings. The van der Waals surface area contributed by atoms with Crippen LogP contribution in [0.2, 0.25) is 5.02 Å². The number of ketones is 1. The van der Waals surface area contributed by atoms with E-state index in [0.29, 0.717) is 32.9 Å². The second kappa shape index (κ2) is 7.25. The van der Waals surface area contributed by atoms with Crippen molar-refractivity contribution >= 4 is 52.1 Å². The van der Waals surface area contributed by atoms with Crippen molar-refractivity contribution in [3.8, 4) is 0 Å². The van der Waals surface area contributed by atoms with Gasteiger partial charge in [0.2, 0.25) is 5.91 Å². The third-order valence-corrected chi connectivity index (χ3v) is 4.77. The fraction of sp³-hybridized carbons (Fsp3) is 0.176. The number of halogens is 1. The van der Waals surface area contributed by atoms with E-state index in [1.807, 2.05) is 6.92 Å². The van der Waals surface area contributed by atoms with E-state index in [1.165, 1.54) is 29.8 Å². The maximum Gasteiger partial charge on any atom is 0.243 e. The fourth-order valence-electron chi connectivity index (χ4n) is 2.44. The predicted octanol–water partition coefficient (Wildman–Crippen LogP) is 3.65. The molecular formula is C17H15ClN4O2S. The van der Waals surface area contributed by atoms with E-state index in [2.05, 4.69) is 15.2 Å². The first-order chi connectivity index (χ1) is 12.0. The number of aromatic nitrogens is 1. The molecule has 0 aliphatic carbocycles. The quantitative estimate of drug-likeness (QED) is 0.504. The number of H-pyrrole nitrogens is 1. The van der Waals surface area contributed by atoms with Gasteiger partial charge in [0, 0.05) is 16.3 Å². The molecule has 8 heteroatoms. The summed E-state index contributed by atoms with van der Waals surface area (Å²) in [6.45, 7) is 3.34. The van der Waals surface area contributed by atoms with Gasteiger partial charge in [0.05, 0.1) is 23.3 Å². The SMILES string of the molecule is CC(=O)c1cc(/C=N\N=C2\SCC(=O)N2c2ccc(Cl)cc2)[nH]c1C. The summed E-state index contributed by atoms with van der Waals surface area (Å²) in [6, 6.07) is 8.70. The average Bonchev–Trinajstić information content (AvgIpc) is 3.12. The van der Waals surface area contributed by atoms with E-state index in [4.69, 9.17) is 11.6 Å². The van der Waals surface area contributed by atoms with Crippen LogP contribution in [0.25, 0.3) is 0 Å². The number of anilines is 1. The van der Waals surface area contributed by atoms with Crippen LogP contribution >= 0.6 is 23.4 Å². The first-order valence-corrected chi connectivity index (χ1v) is 8.85. The van der Waals surface area contributed by atoms with Crippen LogP contribution in [-0.2, 0) is 4.79 Å². The molecule has 1 aliphatic heterocycles. The lowest BCUT2D eigenvalue weighted by Gasteiger charge is -2.14. The average molecular weight is 375 g/mol. The Hall–Kier alpha value is -2.38. The van der Waals surface area contributed by atoms with Crippen LogP contribution in [0.3, 0.4) is 0 Å². The first-order valence-electron chi connectivity index (χ1n) is 7.48. The molecule has 1 aliphatic rings. The van der Waals surface area contributed by atoms with Gasteiger partial charge >= 0.3 is 0 Å². The number of amidine groups is 1. The highest BCUT2D eigenvalue weighted by Gasteiger charge is 2.29. The monoisotopic (exact) mass is 374 g/mol.